The van der Waals surface area contributed by atoms with Gasteiger partial charge in [-0.15, -0.1) is 0 Å². The Morgan fingerprint density at radius 3 is 2.13 bits per heavy atom. The highest BCUT2D eigenvalue weighted by Gasteiger charge is 2.35. The summed E-state index contributed by atoms with van der Waals surface area (Å²) >= 11 is 0. The summed E-state index contributed by atoms with van der Waals surface area (Å²) in [5.41, 5.74) is -1.52. The van der Waals surface area contributed by atoms with E-state index in [4.69, 9.17) is 5.11 Å². The van der Waals surface area contributed by atoms with Gasteiger partial charge in [-0.3, -0.25) is 14.4 Å². The van der Waals surface area contributed by atoms with Crippen LogP contribution in [0.15, 0.2) is 0 Å². The Kier molecular flexibility index (Phi) is 4.77. The average molecular weight is 216 g/mol. The summed E-state index contributed by atoms with van der Waals surface area (Å²) in [6, 6.07) is 0. The lowest BCUT2D eigenvalue weighted by Gasteiger charge is -2.17. The van der Waals surface area contributed by atoms with E-state index in [0.717, 1.165) is 0 Å². The molecule has 3 N–H and O–H groups in total. The Morgan fingerprint density at radius 2 is 1.73 bits per heavy atom. The van der Waals surface area contributed by atoms with Gasteiger partial charge in [-0.25, -0.2) is 0 Å². The zero-order chi connectivity index (χ0) is 12.1. The van der Waals surface area contributed by atoms with Gasteiger partial charge in [0.15, 0.2) is 0 Å². The van der Waals surface area contributed by atoms with Crippen molar-refractivity contribution >= 4 is 17.8 Å². The van der Waals surface area contributed by atoms with Gasteiger partial charge in [-0.1, -0.05) is 0 Å². The molecule has 2 amide bonds. The minimum absolute atomic E-state index is 0.205. The second-order valence-electron chi connectivity index (χ2n) is 3.57. The average Bonchev–Trinajstić information content (AvgIpc) is 2.14. The minimum atomic E-state index is -1.52. The van der Waals surface area contributed by atoms with Crippen molar-refractivity contribution in [3.63, 3.8) is 0 Å². The first-order valence-corrected chi connectivity index (χ1v) is 4.60. The minimum Gasteiger partial charge on any atom is -0.480 e. The topological polar surface area (TPSA) is 95.5 Å². The summed E-state index contributed by atoms with van der Waals surface area (Å²) in [7, 11) is 0. The molecule has 15 heavy (non-hydrogen) atoms. The highest BCUT2D eigenvalue weighted by Crippen LogP contribution is 2.14. The Balaban J connectivity index is 4.15. The lowest BCUT2D eigenvalue weighted by Crippen LogP contribution is -2.46. The molecule has 0 aliphatic carbocycles. The van der Waals surface area contributed by atoms with Gasteiger partial charge in [0.25, 0.3) is 0 Å². The van der Waals surface area contributed by atoms with Gasteiger partial charge in [-0.05, 0) is 20.8 Å². The molecule has 0 bridgehead atoms. The molecule has 0 saturated heterocycles. The fourth-order valence-corrected chi connectivity index (χ4v) is 0.738. The summed E-state index contributed by atoms with van der Waals surface area (Å²) in [6.07, 6.45) is 0. The monoisotopic (exact) mass is 216 g/mol. The molecule has 0 heterocycles. The van der Waals surface area contributed by atoms with E-state index in [1.807, 2.05) is 0 Å². The molecule has 0 atom stereocenters. The Hall–Kier alpha value is -1.59. The maximum absolute atomic E-state index is 11.3. The van der Waals surface area contributed by atoms with E-state index in [-0.39, 0.29) is 12.5 Å². The van der Waals surface area contributed by atoms with Crippen LogP contribution in [0, 0.1) is 5.41 Å². The van der Waals surface area contributed by atoms with Crippen molar-refractivity contribution in [2.75, 3.05) is 13.1 Å². The zero-order valence-electron chi connectivity index (χ0n) is 9.09. The van der Waals surface area contributed by atoms with Crippen LogP contribution in [0.25, 0.3) is 0 Å². The summed E-state index contributed by atoms with van der Waals surface area (Å²) in [5, 5.41) is 13.5. The number of rotatable bonds is 5. The third kappa shape index (κ3) is 3.97. The lowest BCUT2D eigenvalue weighted by molar-refractivity contribution is -0.153. The van der Waals surface area contributed by atoms with Crippen LogP contribution >= 0.6 is 0 Å². The molecule has 0 aromatic heterocycles. The Bertz CT molecular complexity index is 273. The molecule has 0 aliphatic rings. The molecule has 0 aliphatic heterocycles. The van der Waals surface area contributed by atoms with Crippen LogP contribution in [-0.2, 0) is 14.4 Å². The Labute approximate surface area is 88.0 Å². The number of hydrogen-bond donors (Lipinski definition) is 3. The van der Waals surface area contributed by atoms with Crippen molar-refractivity contribution in [1.29, 1.82) is 0 Å². The number of carbonyl (C=O) groups is 3. The largest absolute Gasteiger partial charge is 0.480 e. The molecule has 0 saturated carbocycles. The number of carbonyl (C=O) groups excluding carboxylic acids is 2. The van der Waals surface area contributed by atoms with Gasteiger partial charge < -0.3 is 15.7 Å². The van der Waals surface area contributed by atoms with Crippen molar-refractivity contribution in [3.8, 4) is 0 Å². The first-order valence-electron chi connectivity index (χ1n) is 4.60. The highest BCUT2D eigenvalue weighted by molar-refractivity contribution is 6.02. The first kappa shape index (κ1) is 13.4. The van der Waals surface area contributed by atoms with Crippen LogP contribution in [0.1, 0.15) is 20.8 Å². The summed E-state index contributed by atoms with van der Waals surface area (Å²) in [5.74, 6) is -2.25. The molecule has 6 heteroatoms. The van der Waals surface area contributed by atoms with Gasteiger partial charge in [0, 0.05) is 6.54 Å². The van der Waals surface area contributed by atoms with E-state index in [1.165, 1.54) is 13.8 Å². The molecule has 6 nitrogen and oxygen atoms in total. The van der Waals surface area contributed by atoms with Gasteiger partial charge in [0.1, 0.15) is 5.41 Å². The second-order valence-corrected chi connectivity index (χ2v) is 3.57. The molecular formula is C9H16N2O4. The fraction of sp³-hybridized carbons (Fsp3) is 0.667. The molecule has 0 aromatic carbocycles. The Morgan fingerprint density at radius 1 is 1.20 bits per heavy atom. The van der Waals surface area contributed by atoms with Crippen molar-refractivity contribution in [3.05, 3.63) is 0 Å². The van der Waals surface area contributed by atoms with E-state index in [2.05, 4.69) is 10.6 Å². The van der Waals surface area contributed by atoms with E-state index in [0.29, 0.717) is 6.54 Å². The maximum atomic E-state index is 11.3. The van der Waals surface area contributed by atoms with Crippen LogP contribution in [0.4, 0.5) is 0 Å². The molecule has 0 aromatic rings. The standard InChI is InChI=1S/C9H16N2O4/c1-4-10-6(12)5-11-7(13)9(2,3)8(14)15/h4-5H2,1-3H3,(H,10,12)(H,11,13)(H,14,15). The molecule has 0 rings (SSSR count). The quantitative estimate of drug-likeness (QED) is 0.532. The second kappa shape index (κ2) is 5.33. The first-order chi connectivity index (χ1) is 6.82. The number of likely N-dealkylation sites (N-methyl/N-ethyl adjacent to an activating group) is 1. The van der Waals surface area contributed by atoms with Crippen LogP contribution in [0.3, 0.4) is 0 Å². The molecule has 0 radical (unpaired) electrons. The lowest BCUT2D eigenvalue weighted by atomic mass is 9.93. The molecular weight excluding hydrogens is 200 g/mol. The number of carboxylic acid groups (broad SMARTS) is 1. The van der Waals surface area contributed by atoms with Gasteiger partial charge in [0.05, 0.1) is 6.54 Å². The third-order valence-electron chi connectivity index (χ3n) is 1.89. The predicted molar refractivity (Wildman–Crippen MR) is 53.1 cm³/mol. The SMILES string of the molecule is CCNC(=O)CNC(=O)C(C)(C)C(=O)O. The van der Waals surface area contributed by atoms with Gasteiger partial charge >= 0.3 is 5.97 Å². The summed E-state index contributed by atoms with van der Waals surface area (Å²) < 4.78 is 0. The van der Waals surface area contributed by atoms with E-state index < -0.39 is 17.3 Å². The maximum Gasteiger partial charge on any atom is 0.318 e. The van der Waals surface area contributed by atoms with Crippen LogP contribution in [0.5, 0.6) is 0 Å². The van der Waals surface area contributed by atoms with Crippen molar-refractivity contribution in [1.82, 2.24) is 10.6 Å². The zero-order valence-corrected chi connectivity index (χ0v) is 9.09. The third-order valence-corrected chi connectivity index (χ3v) is 1.89. The van der Waals surface area contributed by atoms with Crippen molar-refractivity contribution in [2.45, 2.75) is 20.8 Å². The van der Waals surface area contributed by atoms with E-state index >= 15 is 0 Å². The summed E-state index contributed by atoms with van der Waals surface area (Å²) in [4.78, 5) is 33.0. The molecule has 0 fully saturated rings. The van der Waals surface area contributed by atoms with Crippen LogP contribution in [-0.4, -0.2) is 36.0 Å². The molecule has 0 unspecified atom stereocenters. The van der Waals surface area contributed by atoms with E-state index in [1.54, 1.807) is 6.92 Å². The van der Waals surface area contributed by atoms with Crippen LogP contribution in [0.2, 0.25) is 0 Å². The highest BCUT2D eigenvalue weighted by atomic mass is 16.4. The summed E-state index contributed by atoms with van der Waals surface area (Å²) in [6.45, 7) is 4.58. The van der Waals surface area contributed by atoms with Crippen molar-refractivity contribution in [2.24, 2.45) is 5.41 Å². The van der Waals surface area contributed by atoms with Crippen molar-refractivity contribution < 1.29 is 19.5 Å². The number of carboxylic acids is 1. The van der Waals surface area contributed by atoms with Gasteiger partial charge in [-0.2, -0.15) is 0 Å². The number of aliphatic carboxylic acids is 1. The predicted octanol–water partition coefficient (Wildman–Crippen LogP) is -0.650. The van der Waals surface area contributed by atoms with Gasteiger partial charge in [0.2, 0.25) is 11.8 Å². The number of nitrogens with one attached hydrogen (secondary N) is 2. The smallest absolute Gasteiger partial charge is 0.318 e. The molecule has 86 valence electrons. The number of hydrogen-bond acceptors (Lipinski definition) is 3. The normalized spacial score (nSPS) is 10.6. The van der Waals surface area contributed by atoms with E-state index in [9.17, 15) is 14.4 Å². The number of amides is 2. The fourth-order valence-electron chi connectivity index (χ4n) is 0.738. The molecule has 0 spiro atoms. The van der Waals surface area contributed by atoms with Crippen LogP contribution < -0.4 is 10.6 Å².